The molecule has 0 aromatic heterocycles. The van der Waals surface area contributed by atoms with Gasteiger partial charge >= 0.3 is 0 Å². The Bertz CT molecular complexity index is 795. The molecule has 5 heteroatoms. The van der Waals surface area contributed by atoms with Crippen molar-refractivity contribution in [3.8, 4) is 0 Å². The molecule has 0 unspecified atom stereocenters. The Kier molecular flexibility index (Phi) is 7.78. The van der Waals surface area contributed by atoms with Crippen LogP contribution in [-0.4, -0.2) is 42.1 Å². The van der Waals surface area contributed by atoms with Gasteiger partial charge in [-0.25, -0.2) is 0 Å². The maximum Gasteiger partial charge on any atom is 0.223 e. The Hall–Kier alpha value is -2.01. The first-order chi connectivity index (χ1) is 13.7. The predicted octanol–water partition coefficient (Wildman–Crippen LogP) is 4.23. The molecule has 0 saturated carbocycles. The first-order valence-electron chi connectivity index (χ1n) is 10.3. The second-order valence-corrected chi connectivity index (χ2v) is 8.49. The summed E-state index contributed by atoms with van der Waals surface area (Å²) in [6.45, 7) is 4.15. The number of hydrogen-bond donors (Lipinski definition) is 1. The SMILES string of the molecule is CCCC(=O)N1CCC(C(=O)NCCSCc2cccc3ccccc23)CC1. The minimum atomic E-state index is 0.0498. The van der Waals surface area contributed by atoms with Crippen molar-refractivity contribution in [2.45, 2.75) is 38.4 Å². The average Bonchev–Trinajstić information content (AvgIpc) is 2.73. The van der Waals surface area contributed by atoms with Crippen molar-refractivity contribution < 1.29 is 9.59 Å². The molecule has 0 aliphatic carbocycles. The van der Waals surface area contributed by atoms with Crippen molar-refractivity contribution in [3.05, 3.63) is 48.0 Å². The van der Waals surface area contributed by atoms with Crippen LogP contribution >= 0.6 is 11.8 Å². The molecule has 150 valence electrons. The van der Waals surface area contributed by atoms with Gasteiger partial charge in [-0.3, -0.25) is 9.59 Å². The third kappa shape index (κ3) is 5.51. The fourth-order valence-corrected chi connectivity index (χ4v) is 4.62. The zero-order valence-corrected chi connectivity index (χ0v) is 17.5. The molecule has 1 N–H and O–H groups in total. The molecule has 1 aliphatic rings. The number of rotatable bonds is 8. The highest BCUT2D eigenvalue weighted by Crippen LogP contribution is 2.22. The Morgan fingerprint density at radius 3 is 2.64 bits per heavy atom. The first kappa shape index (κ1) is 20.7. The van der Waals surface area contributed by atoms with Crippen LogP contribution in [-0.2, 0) is 15.3 Å². The van der Waals surface area contributed by atoms with E-state index in [0.717, 1.165) is 30.8 Å². The van der Waals surface area contributed by atoms with Gasteiger partial charge in [0.2, 0.25) is 11.8 Å². The molecule has 2 aromatic rings. The summed E-state index contributed by atoms with van der Waals surface area (Å²) in [5, 5.41) is 5.67. The summed E-state index contributed by atoms with van der Waals surface area (Å²) in [6, 6.07) is 14.9. The zero-order valence-electron chi connectivity index (χ0n) is 16.7. The van der Waals surface area contributed by atoms with Crippen LogP contribution in [0.1, 0.15) is 38.2 Å². The van der Waals surface area contributed by atoms with Crippen LogP contribution in [0, 0.1) is 5.92 Å². The van der Waals surface area contributed by atoms with E-state index in [1.807, 2.05) is 23.6 Å². The molecule has 2 amide bonds. The summed E-state index contributed by atoms with van der Waals surface area (Å²) >= 11 is 1.85. The summed E-state index contributed by atoms with van der Waals surface area (Å²) in [4.78, 5) is 26.2. The molecule has 1 heterocycles. The second kappa shape index (κ2) is 10.5. The van der Waals surface area contributed by atoms with E-state index in [1.165, 1.54) is 16.3 Å². The predicted molar refractivity (Wildman–Crippen MR) is 117 cm³/mol. The molecule has 28 heavy (non-hydrogen) atoms. The first-order valence-corrected chi connectivity index (χ1v) is 11.4. The maximum atomic E-state index is 12.4. The van der Waals surface area contributed by atoms with E-state index in [0.29, 0.717) is 26.1 Å². The van der Waals surface area contributed by atoms with Crippen LogP contribution in [0.4, 0.5) is 0 Å². The Balaban J connectivity index is 1.35. The quantitative estimate of drug-likeness (QED) is 0.677. The number of carbonyl (C=O) groups is 2. The van der Waals surface area contributed by atoms with Crippen molar-refractivity contribution in [1.82, 2.24) is 10.2 Å². The van der Waals surface area contributed by atoms with Crippen LogP contribution in [0.15, 0.2) is 42.5 Å². The lowest BCUT2D eigenvalue weighted by Gasteiger charge is -2.31. The van der Waals surface area contributed by atoms with Gasteiger partial charge in [0.15, 0.2) is 0 Å². The summed E-state index contributed by atoms with van der Waals surface area (Å²) < 4.78 is 0. The molecule has 1 fully saturated rings. The molecule has 3 rings (SSSR count). The van der Waals surface area contributed by atoms with Crippen LogP contribution in [0.5, 0.6) is 0 Å². The van der Waals surface area contributed by atoms with E-state index in [1.54, 1.807) is 0 Å². The molecule has 1 aliphatic heterocycles. The number of hydrogen-bond acceptors (Lipinski definition) is 3. The standard InChI is InChI=1S/C23H30N2O2S/c1-2-6-22(26)25-14-11-19(12-15-25)23(27)24-13-16-28-17-20-9-5-8-18-7-3-4-10-21(18)20/h3-5,7-10,19H,2,6,11-17H2,1H3,(H,24,27). The van der Waals surface area contributed by atoms with Gasteiger partial charge in [-0.15, -0.1) is 0 Å². The highest BCUT2D eigenvalue weighted by Gasteiger charge is 2.26. The Morgan fingerprint density at radius 1 is 1.11 bits per heavy atom. The van der Waals surface area contributed by atoms with Crippen molar-refractivity contribution in [2.75, 3.05) is 25.4 Å². The van der Waals surface area contributed by atoms with Gasteiger partial charge in [-0.1, -0.05) is 49.4 Å². The Labute approximate surface area is 172 Å². The summed E-state index contributed by atoms with van der Waals surface area (Å²) in [7, 11) is 0. The fraction of sp³-hybridized carbons (Fsp3) is 0.478. The van der Waals surface area contributed by atoms with Crippen LogP contribution < -0.4 is 5.32 Å². The number of carbonyl (C=O) groups excluding carboxylic acids is 2. The molecule has 0 atom stereocenters. The van der Waals surface area contributed by atoms with Gasteiger partial charge in [0, 0.05) is 43.5 Å². The van der Waals surface area contributed by atoms with E-state index in [4.69, 9.17) is 0 Å². The summed E-state index contributed by atoms with van der Waals surface area (Å²) in [6.07, 6.45) is 3.06. The lowest BCUT2D eigenvalue weighted by atomic mass is 9.95. The number of thioether (sulfide) groups is 1. The largest absolute Gasteiger partial charge is 0.355 e. The van der Waals surface area contributed by atoms with Gasteiger partial charge < -0.3 is 10.2 Å². The zero-order chi connectivity index (χ0) is 19.8. The summed E-state index contributed by atoms with van der Waals surface area (Å²) in [5.74, 6) is 2.28. The third-order valence-corrected chi connectivity index (χ3v) is 6.37. The molecule has 2 aromatic carbocycles. The highest BCUT2D eigenvalue weighted by atomic mass is 32.2. The molecule has 0 bridgehead atoms. The van der Waals surface area contributed by atoms with E-state index in [-0.39, 0.29) is 17.7 Å². The number of likely N-dealkylation sites (tertiary alicyclic amines) is 1. The fourth-order valence-electron chi connectivity index (χ4n) is 3.75. The summed E-state index contributed by atoms with van der Waals surface area (Å²) in [5.41, 5.74) is 1.35. The van der Waals surface area contributed by atoms with Crippen LogP contribution in [0.3, 0.4) is 0 Å². The number of amides is 2. The average molecular weight is 399 g/mol. The van der Waals surface area contributed by atoms with E-state index in [9.17, 15) is 9.59 Å². The van der Waals surface area contributed by atoms with Crippen LogP contribution in [0.25, 0.3) is 10.8 Å². The van der Waals surface area contributed by atoms with Gasteiger partial charge in [0.25, 0.3) is 0 Å². The molecule has 0 radical (unpaired) electrons. The van der Waals surface area contributed by atoms with Crippen LogP contribution in [0.2, 0.25) is 0 Å². The van der Waals surface area contributed by atoms with Gasteiger partial charge in [0.05, 0.1) is 0 Å². The minimum Gasteiger partial charge on any atom is -0.355 e. The maximum absolute atomic E-state index is 12.4. The number of nitrogens with zero attached hydrogens (tertiary/aromatic N) is 1. The van der Waals surface area contributed by atoms with Crippen molar-refractivity contribution in [2.24, 2.45) is 5.92 Å². The van der Waals surface area contributed by atoms with Gasteiger partial charge in [0.1, 0.15) is 0 Å². The smallest absolute Gasteiger partial charge is 0.223 e. The molecular formula is C23H30N2O2S. The minimum absolute atomic E-state index is 0.0498. The van der Waals surface area contributed by atoms with Crippen molar-refractivity contribution in [1.29, 1.82) is 0 Å². The number of fused-ring (bicyclic) bond motifs is 1. The molecule has 1 saturated heterocycles. The van der Waals surface area contributed by atoms with E-state index < -0.39 is 0 Å². The van der Waals surface area contributed by atoms with Crippen molar-refractivity contribution >= 4 is 34.3 Å². The number of piperidine rings is 1. The monoisotopic (exact) mass is 398 g/mol. The highest BCUT2D eigenvalue weighted by molar-refractivity contribution is 7.98. The third-order valence-electron chi connectivity index (χ3n) is 5.37. The lowest BCUT2D eigenvalue weighted by Crippen LogP contribution is -2.43. The second-order valence-electron chi connectivity index (χ2n) is 7.39. The lowest BCUT2D eigenvalue weighted by molar-refractivity contribution is -0.135. The van der Waals surface area contributed by atoms with Gasteiger partial charge in [-0.2, -0.15) is 11.8 Å². The molecular weight excluding hydrogens is 368 g/mol. The van der Waals surface area contributed by atoms with Gasteiger partial charge in [-0.05, 0) is 35.6 Å². The topological polar surface area (TPSA) is 49.4 Å². The number of benzene rings is 2. The van der Waals surface area contributed by atoms with E-state index in [2.05, 4.69) is 47.8 Å². The Morgan fingerprint density at radius 2 is 1.86 bits per heavy atom. The van der Waals surface area contributed by atoms with E-state index >= 15 is 0 Å². The molecule has 4 nitrogen and oxygen atoms in total. The molecule has 0 spiro atoms. The number of nitrogens with one attached hydrogen (secondary N) is 1. The van der Waals surface area contributed by atoms with Crippen molar-refractivity contribution in [3.63, 3.8) is 0 Å². The normalized spacial score (nSPS) is 15.0.